The lowest BCUT2D eigenvalue weighted by molar-refractivity contribution is -0.704. The Bertz CT molecular complexity index is 2510. The van der Waals surface area contributed by atoms with Gasteiger partial charge < -0.3 is 4.90 Å². The topological polar surface area (TPSA) is 7.12 Å². The number of benzene rings is 8. The predicted octanol–water partition coefficient (Wildman–Crippen LogP) is 13.2. The molecule has 0 aliphatic rings. The summed E-state index contributed by atoms with van der Waals surface area (Å²) in [5, 5.41) is 2.52. The van der Waals surface area contributed by atoms with Crippen molar-refractivity contribution in [2.45, 2.75) is 6.04 Å². The summed E-state index contributed by atoms with van der Waals surface area (Å²) in [7, 11) is 0. The maximum atomic E-state index is 2.33. The summed E-state index contributed by atoms with van der Waals surface area (Å²) in [6.45, 7) is 0. The van der Waals surface area contributed by atoms with Gasteiger partial charge >= 0.3 is 0 Å². The molecule has 0 saturated heterocycles. The van der Waals surface area contributed by atoms with Gasteiger partial charge in [0.25, 0.3) is 0 Å². The van der Waals surface area contributed by atoms with E-state index in [4.69, 9.17) is 0 Å². The van der Waals surface area contributed by atoms with Crippen molar-refractivity contribution in [1.82, 2.24) is 0 Å². The number of hydrogen-bond donors (Lipinski definition) is 0. The lowest BCUT2D eigenvalue weighted by atomic mass is 9.93. The van der Waals surface area contributed by atoms with Gasteiger partial charge in [-0.2, -0.15) is 4.57 Å². The smallest absolute Gasteiger partial charge is 0.209 e. The molecule has 54 heavy (non-hydrogen) atoms. The molecule has 2 nitrogen and oxygen atoms in total. The molecule has 1 unspecified atom stereocenters. The zero-order valence-corrected chi connectivity index (χ0v) is 29.9. The first kappa shape index (κ1) is 32.8. The Kier molecular flexibility index (Phi) is 9.07. The third-order valence-electron chi connectivity index (χ3n) is 10.3. The van der Waals surface area contributed by atoms with Crippen LogP contribution in [0.3, 0.4) is 0 Å². The van der Waals surface area contributed by atoms with E-state index in [1.165, 1.54) is 55.3 Å². The minimum Gasteiger partial charge on any atom is -0.311 e. The minimum absolute atomic E-state index is 0.0452. The van der Waals surface area contributed by atoms with Crippen molar-refractivity contribution >= 4 is 27.8 Å². The molecular weight excluding hydrogens is 653 g/mol. The molecule has 0 aliphatic carbocycles. The van der Waals surface area contributed by atoms with Crippen LogP contribution in [-0.4, -0.2) is 0 Å². The summed E-state index contributed by atoms with van der Waals surface area (Å²) in [6, 6.07) is 78.3. The average Bonchev–Trinajstić information content (AvgIpc) is 3.26. The van der Waals surface area contributed by atoms with Crippen LogP contribution >= 0.6 is 0 Å². The second-order valence-electron chi connectivity index (χ2n) is 13.6. The molecule has 0 fully saturated rings. The summed E-state index contributed by atoms with van der Waals surface area (Å²) in [5.74, 6) is 0. The van der Waals surface area contributed by atoms with Gasteiger partial charge in [-0.25, -0.2) is 0 Å². The average molecular weight is 692 g/mol. The van der Waals surface area contributed by atoms with Crippen LogP contribution in [0.4, 0.5) is 17.1 Å². The van der Waals surface area contributed by atoms with Gasteiger partial charge in [-0.1, -0.05) is 170 Å². The predicted molar refractivity (Wildman–Crippen MR) is 225 cm³/mol. The van der Waals surface area contributed by atoms with E-state index in [0.29, 0.717) is 0 Å². The van der Waals surface area contributed by atoms with E-state index in [1.807, 2.05) is 0 Å². The van der Waals surface area contributed by atoms with Crippen molar-refractivity contribution in [3.05, 3.63) is 242 Å². The summed E-state index contributed by atoms with van der Waals surface area (Å²) in [4.78, 5) is 2.33. The molecule has 9 aromatic rings. The number of nitrogens with zero attached hydrogens (tertiary/aromatic N) is 2. The number of fused-ring (bicyclic) bond motifs is 1. The molecule has 256 valence electrons. The van der Waals surface area contributed by atoms with Crippen LogP contribution in [0.15, 0.2) is 231 Å². The molecule has 0 amide bonds. The largest absolute Gasteiger partial charge is 0.311 e. The van der Waals surface area contributed by atoms with Gasteiger partial charge in [0.1, 0.15) is 0 Å². The number of aromatic nitrogens is 1. The third-order valence-corrected chi connectivity index (χ3v) is 10.3. The molecule has 1 aromatic heterocycles. The van der Waals surface area contributed by atoms with Gasteiger partial charge in [-0.15, -0.1) is 0 Å². The molecule has 0 saturated carbocycles. The molecule has 0 spiro atoms. The zero-order valence-electron chi connectivity index (χ0n) is 29.9. The van der Waals surface area contributed by atoms with E-state index in [0.717, 1.165) is 17.1 Å². The molecular formula is C52H39N2+. The van der Waals surface area contributed by atoms with Crippen LogP contribution in [0.1, 0.15) is 17.2 Å². The summed E-state index contributed by atoms with van der Waals surface area (Å²) in [6.07, 6.45) is 4.44. The Morgan fingerprint density at radius 1 is 0.315 bits per heavy atom. The van der Waals surface area contributed by atoms with Crippen LogP contribution in [0, 0.1) is 0 Å². The first-order valence-electron chi connectivity index (χ1n) is 18.5. The van der Waals surface area contributed by atoms with E-state index < -0.39 is 0 Å². The molecule has 1 atom stereocenters. The maximum absolute atomic E-state index is 2.33. The van der Waals surface area contributed by atoms with E-state index >= 15 is 0 Å². The van der Waals surface area contributed by atoms with Crippen LogP contribution in [-0.2, 0) is 0 Å². The molecule has 9 rings (SSSR count). The molecule has 2 heteroatoms. The van der Waals surface area contributed by atoms with Crippen molar-refractivity contribution in [1.29, 1.82) is 0 Å². The Morgan fingerprint density at radius 3 is 1.20 bits per heavy atom. The highest BCUT2D eigenvalue weighted by Crippen LogP contribution is 2.38. The lowest BCUT2D eigenvalue weighted by Crippen LogP contribution is -2.40. The SMILES string of the molecule is c1ccc(-c2ccc(N(c3ccc(-c4ccccc4)cc3)c3ccc(-c4cc[n+](C(c5ccccc5)c5cccc6ccccc56)cc4)cc3)cc2)cc1. The number of pyridine rings is 1. The van der Waals surface area contributed by atoms with Gasteiger partial charge in [-0.05, 0) is 80.6 Å². The van der Waals surface area contributed by atoms with E-state index in [2.05, 4.69) is 240 Å². The van der Waals surface area contributed by atoms with Crippen LogP contribution in [0.25, 0.3) is 44.2 Å². The fourth-order valence-electron chi connectivity index (χ4n) is 7.56. The van der Waals surface area contributed by atoms with E-state index in [1.54, 1.807) is 0 Å². The highest BCUT2D eigenvalue weighted by Gasteiger charge is 2.25. The third kappa shape index (κ3) is 6.69. The van der Waals surface area contributed by atoms with Crippen LogP contribution < -0.4 is 9.47 Å². The first-order chi connectivity index (χ1) is 26.8. The van der Waals surface area contributed by atoms with Gasteiger partial charge in [0.15, 0.2) is 12.4 Å². The Labute approximate surface area is 317 Å². The maximum Gasteiger partial charge on any atom is 0.209 e. The fourth-order valence-corrected chi connectivity index (χ4v) is 7.56. The van der Waals surface area contributed by atoms with Crippen molar-refractivity contribution < 1.29 is 4.57 Å². The van der Waals surface area contributed by atoms with Gasteiger partial charge in [-0.3, -0.25) is 0 Å². The molecule has 0 radical (unpaired) electrons. The minimum atomic E-state index is 0.0452. The standard InChI is InChI=1S/C52H39N2/c1-4-13-39(14-5-1)41-23-29-47(30-24-41)54(48-31-25-42(26-32-48)40-15-6-2-7-16-40)49-33-27-43(28-34-49)44-35-37-53(38-36-44)52(46-18-8-3-9-19-46)51-22-12-20-45-17-10-11-21-50(45)51/h1-38,52H/q+1. The number of hydrogen-bond acceptors (Lipinski definition) is 1. The number of anilines is 3. The van der Waals surface area contributed by atoms with Crippen molar-refractivity contribution in [3.8, 4) is 33.4 Å². The summed E-state index contributed by atoms with van der Waals surface area (Å²) < 4.78 is 2.33. The summed E-state index contributed by atoms with van der Waals surface area (Å²) in [5.41, 5.74) is 13.0. The van der Waals surface area contributed by atoms with E-state index in [-0.39, 0.29) is 6.04 Å². The highest BCUT2D eigenvalue weighted by molar-refractivity contribution is 5.86. The molecule has 0 bridgehead atoms. The highest BCUT2D eigenvalue weighted by atomic mass is 15.1. The normalized spacial score (nSPS) is 11.6. The second kappa shape index (κ2) is 14.9. The second-order valence-corrected chi connectivity index (χ2v) is 13.6. The fraction of sp³-hybridized carbons (Fsp3) is 0.0192. The molecule has 8 aromatic carbocycles. The molecule has 0 N–H and O–H groups in total. The van der Waals surface area contributed by atoms with Crippen LogP contribution in [0.5, 0.6) is 0 Å². The Hall–Kier alpha value is -7.03. The summed E-state index contributed by atoms with van der Waals surface area (Å²) >= 11 is 0. The van der Waals surface area contributed by atoms with Gasteiger partial charge in [0, 0.05) is 40.3 Å². The van der Waals surface area contributed by atoms with Gasteiger partial charge in [0.2, 0.25) is 6.04 Å². The quantitative estimate of drug-likeness (QED) is 0.137. The number of rotatable bonds is 9. The Morgan fingerprint density at radius 2 is 0.704 bits per heavy atom. The van der Waals surface area contributed by atoms with Crippen LogP contribution in [0.2, 0.25) is 0 Å². The first-order valence-corrected chi connectivity index (χ1v) is 18.5. The van der Waals surface area contributed by atoms with Gasteiger partial charge in [0.05, 0.1) is 0 Å². The van der Waals surface area contributed by atoms with Crippen molar-refractivity contribution in [2.24, 2.45) is 0 Å². The molecule has 1 heterocycles. The molecule has 0 aliphatic heterocycles. The zero-order chi connectivity index (χ0) is 36.1. The van der Waals surface area contributed by atoms with Crippen molar-refractivity contribution in [2.75, 3.05) is 4.90 Å². The monoisotopic (exact) mass is 691 g/mol. The Balaban J connectivity index is 1.05. The van der Waals surface area contributed by atoms with E-state index in [9.17, 15) is 0 Å². The van der Waals surface area contributed by atoms with Crippen molar-refractivity contribution in [3.63, 3.8) is 0 Å². The lowest BCUT2D eigenvalue weighted by Gasteiger charge is -2.26.